The highest BCUT2D eigenvalue weighted by Gasteiger charge is 2.15. The summed E-state index contributed by atoms with van der Waals surface area (Å²) in [5.41, 5.74) is 0. The van der Waals surface area contributed by atoms with Crippen LogP contribution in [0.15, 0.2) is 12.2 Å². The van der Waals surface area contributed by atoms with E-state index in [1.807, 2.05) is 6.08 Å². The number of hydrogen-bond donors (Lipinski definition) is 1. The first-order valence-electron chi connectivity index (χ1n) is 5.17. The lowest BCUT2D eigenvalue weighted by atomic mass is 9.93. The number of rotatable bonds is 2. The Morgan fingerprint density at radius 1 is 1.54 bits per heavy atom. The molecule has 0 saturated carbocycles. The van der Waals surface area contributed by atoms with Crippen LogP contribution < -0.4 is 0 Å². The third-order valence-corrected chi connectivity index (χ3v) is 2.31. The fourth-order valence-electron chi connectivity index (χ4n) is 1.42. The molecular formula is C12H18O. The van der Waals surface area contributed by atoms with Crippen LogP contribution in [0.2, 0.25) is 0 Å². The van der Waals surface area contributed by atoms with Crippen LogP contribution in [0, 0.1) is 17.8 Å². The van der Waals surface area contributed by atoms with Crippen molar-refractivity contribution >= 4 is 0 Å². The highest BCUT2D eigenvalue weighted by molar-refractivity contribution is 5.15. The Kier molecular flexibility index (Phi) is 4.64. The van der Waals surface area contributed by atoms with Crippen LogP contribution in [0.3, 0.4) is 0 Å². The van der Waals surface area contributed by atoms with Crippen LogP contribution in [0.4, 0.5) is 0 Å². The topological polar surface area (TPSA) is 20.2 Å². The van der Waals surface area contributed by atoms with Crippen molar-refractivity contribution in [2.24, 2.45) is 5.92 Å². The van der Waals surface area contributed by atoms with Crippen LogP contribution in [0.5, 0.6) is 0 Å². The molecule has 1 nitrogen and oxygen atoms in total. The maximum Gasteiger partial charge on any atom is 0.0715 e. The number of allylic oxidation sites excluding steroid dienone is 1. The van der Waals surface area contributed by atoms with E-state index in [0.29, 0.717) is 0 Å². The molecular weight excluding hydrogens is 160 g/mol. The maximum absolute atomic E-state index is 9.57. The molecule has 1 N–H and O–H groups in total. The summed E-state index contributed by atoms with van der Waals surface area (Å²) in [5, 5.41) is 9.57. The van der Waals surface area contributed by atoms with Crippen molar-refractivity contribution in [2.45, 2.75) is 45.1 Å². The van der Waals surface area contributed by atoms with Gasteiger partial charge in [-0.3, -0.25) is 0 Å². The van der Waals surface area contributed by atoms with Crippen LogP contribution in [-0.4, -0.2) is 11.2 Å². The molecule has 1 aliphatic carbocycles. The maximum atomic E-state index is 9.57. The van der Waals surface area contributed by atoms with Crippen molar-refractivity contribution in [1.29, 1.82) is 0 Å². The van der Waals surface area contributed by atoms with Gasteiger partial charge < -0.3 is 5.11 Å². The predicted molar refractivity (Wildman–Crippen MR) is 55.2 cm³/mol. The van der Waals surface area contributed by atoms with Gasteiger partial charge in [-0.05, 0) is 19.3 Å². The Labute approximate surface area is 80.9 Å². The Hall–Kier alpha value is -0.740. The molecule has 0 aromatic rings. The summed E-state index contributed by atoms with van der Waals surface area (Å²) in [7, 11) is 0. The van der Waals surface area contributed by atoms with E-state index >= 15 is 0 Å². The SMILES string of the molecule is CCCCC#CC1C=CCCC1O. The van der Waals surface area contributed by atoms with Gasteiger partial charge in [-0.25, -0.2) is 0 Å². The van der Waals surface area contributed by atoms with E-state index < -0.39 is 0 Å². The fourth-order valence-corrected chi connectivity index (χ4v) is 1.42. The van der Waals surface area contributed by atoms with Crippen molar-refractivity contribution < 1.29 is 5.11 Å². The van der Waals surface area contributed by atoms with E-state index in [2.05, 4.69) is 24.8 Å². The van der Waals surface area contributed by atoms with Crippen molar-refractivity contribution in [2.75, 3.05) is 0 Å². The van der Waals surface area contributed by atoms with E-state index in [0.717, 1.165) is 19.3 Å². The minimum absolute atomic E-state index is 0.0885. The summed E-state index contributed by atoms with van der Waals surface area (Å²) < 4.78 is 0. The molecule has 0 amide bonds. The second kappa shape index (κ2) is 5.83. The van der Waals surface area contributed by atoms with Gasteiger partial charge in [0.25, 0.3) is 0 Å². The quantitative estimate of drug-likeness (QED) is 0.391. The van der Waals surface area contributed by atoms with E-state index in [1.165, 1.54) is 12.8 Å². The zero-order chi connectivity index (χ0) is 9.52. The van der Waals surface area contributed by atoms with Crippen molar-refractivity contribution in [1.82, 2.24) is 0 Å². The smallest absolute Gasteiger partial charge is 0.0715 e. The van der Waals surface area contributed by atoms with Crippen LogP contribution in [0.1, 0.15) is 39.0 Å². The molecule has 0 aromatic heterocycles. The van der Waals surface area contributed by atoms with Gasteiger partial charge in [0.2, 0.25) is 0 Å². The summed E-state index contributed by atoms with van der Waals surface area (Å²) in [6.45, 7) is 2.16. The molecule has 13 heavy (non-hydrogen) atoms. The molecule has 72 valence electrons. The predicted octanol–water partition coefficient (Wildman–Crippen LogP) is 2.51. The Morgan fingerprint density at radius 2 is 2.38 bits per heavy atom. The minimum atomic E-state index is -0.237. The van der Waals surface area contributed by atoms with Crippen molar-refractivity contribution in [3.8, 4) is 11.8 Å². The molecule has 0 aliphatic heterocycles. The molecule has 0 aromatic carbocycles. The Morgan fingerprint density at radius 3 is 3.08 bits per heavy atom. The molecule has 0 saturated heterocycles. The largest absolute Gasteiger partial charge is 0.391 e. The standard InChI is InChI=1S/C12H18O/c1-2-3-4-5-8-11-9-6-7-10-12(11)13/h6,9,11-13H,2-4,7,10H2,1H3. The lowest BCUT2D eigenvalue weighted by Gasteiger charge is -2.17. The van der Waals surface area contributed by atoms with Crippen LogP contribution in [0.25, 0.3) is 0 Å². The van der Waals surface area contributed by atoms with Crippen LogP contribution >= 0.6 is 0 Å². The van der Waals surface area contributed by atoms with Crippen molar-refractivity contribution in [3.05, 3.63) is 12.2 Å². The third kappa shape index (κ3) is 3.65. The Bertz CT molecular complexity index is 219. The van der Waals surface area contributed by atoms with Crippen molar-refractivity contribution in [3.63, 3.8) is 0 Å². The third-order valence-electron chi connectivity index (χ3n) is 2.31. The molecule has 2 unspecified atom stereocenters. The van der Waals surface area contributed by atoms with Gasteiger partial charge in [-0.2, -0.15) is 0 Å². The average molecular weight is 178 g/mol. The lowest BCUT2D eigenvalue weighted by molar-refractivity contribution is 0.138. The Balaban J connectivity index is 2.36. The van der Waals surface area contributed by atoms with Gasteiger partial charge in [-0.1, -0.05) is 31.4 Å². The summed E-state index contributed by atoms with van der Waals surface area (Å²) in [4.78, 5) is 0. The van der Waals surface area contributed by atoms with Gasteiger partial charge in [0.15, 0.2) is 0 Å². The lowest BCUT2D eigenvalue weighted by Crippen LogP contribution is -2.19. The molecule has 2 atom stereocenters. The average Bonchev–Trinajstić information content (AvgIpc) is 2.15. The van der Waals surface area contributed by atoms with E-state index in [4.69, 9.17) is 0 Å². The van der Waals surface area contributed by atoms with Gasteiger partial charge in [0.05, 0.1) is 12.0 Å². The molecule has 0 radical (unpaired) electrons. The second-order valence-corrected chi connectivity index (χ2v) is 3.52. The zero-order valence-electron chi connectivity index (χ0n) is 8.29. The van der Waals surface area contributed by atoms with E-state index in [-0.39, 0.29) is 12.0 Å². The summed E-state index contributed by atoms with van der Waals surface area (Å²) in [6.07, 6.45) is 9.10. The number of aliphatic hydroxyl groups is 1. The second-order valence-electron chi connectivity index (χ2n) is 3.52. The zero-order valence-corrected chi connectivity index (χ0v) is 8.29. The van der Waals surface area contributed by atoms with E-state index in [9.17, 15) is 5.11 Å². The van der Waals surface area contributed by atoms with Gasteiger partial charge in [0.1, 0.15) is 0 Å². The van der Waals surface area contributed by atoms with Gasteiger partial charge >= 0.3 is 0 Å². The number of hydrogen-bond acceptors (Lipinski definition) is 1. The van der Waals surface area contributed by atoms with E-state index in [1.54, 1.807) is 0 Å². The molecule has 0 fully saturated rings. The molecule has 0 heterocycles. The molecule has 1 heteroatoms. The first-order valence-corrected chi connectivity index (χ1v) is 5.17. The van der Waals surface area contributed by atoms with Gasteiger partial charge in [0, 0.05) is 6.42 Å². The summed E-state index contributed by atoms with van der Waals surface area (Å²) >= 11 is 0. The molecule has 0 bridgehead atoms. The van der Waals surface area contributed by atoms with Gasteiger partial charge in [-0.15, -0.1) is 5.92 Å². The molecule has 1 aliphatic rings. The highest BCUT2D eigenvalue weighted by atomic mass is 16.3. The monoisotopic (exact) mass is 178 g/mol. The summed E-state index contributed by atoms with van der Waals surface area (Å²) in [5.74, 6) is 6.33. The number of aliphatic hydroxyl groups excluding tert-OH is 1. The summed E-state index contributed by atoms with van der Waals surface area (Å²) in [6, 6.07) is 0. The van der Waals surface area contributed by atoms with Crippen LogP contribution in [-0.2, 0) is 0 Å². The normalized spacial score (nSPS) is 26.6. The molecule has 1 rings (SSSR count). The number of unbranched alkanes of at least 4 members (excludes halogenated alkanes) is 2. The first-order chi connectivity index (χ1) is 6.34. The molecule has 0 spiro atoms. The fraction of sp³-hybridized carbons (Fsp3) is 0.667. The highest BCUT2D eigenvalue weighted by Crippen LogP contribution is 2.16. The minimum Gasteiger partial charge on any atom is -0.391 e. The first kappa shape index (κ1) is 10.3.